The van der Waals surface area contributed by atoms with E-state index < -0.39 is 12.0 Å². The first-order chi connectivity index (χ1) is 12.0. The number of aromatic amines is 1. The summed E-state index contributed by atoms with van der Waals surface area (Å²) < 4.78 is 0. The quantitative estimate of drug-likeness (QED) is 0.650. The van der Waals surface area contributed by atoms with Crippen LogP contribution in [0.5, 0.6) is 0 Å². The Morgan fingerprint density at radius 3 is 2.72 bits per heavy atom. The molecule has 1 atom stereocenters. The predicted octanol–water partition coefficient (Wildman–Crippen LogP) is 2.37. The minimum Gasteiger partial charge on any atom is -0.383 e. The molecule has 1 amide bonds. The van der Waals surface area contributed by atoms with Crippen molar-refractivity contribution in [1.82, 2.24) is 20.4 Å². The van der Waals surface area contributed by atoms with Crippen molar-refractivity contribution in [2.24, 2.45) is 0 Å². The Morgan fingerprint density at radius 1 is 1.28 bits per heavy atom. The van der Waals surface area contributed by atoms with Crippen molar-refractivity contribution in [3.05, 3.63) is 58.9 Å². The maximum absolute atomic E-state index is 12.1. The van der Waals surface area contributed by atoms with Crippen LogP contribution in [0.3, 0.4) is 0 Å². The van der Waals surface area contributed by atoms with Gasteiger partial charge in [0, 0.05) is 23.1 Å². The van der Waals surface area contributed by atoms with Crippen LogP contribution in [0.25, 0.3) is 11.3 Å². The van der Waals surface area contributed by atoms with E-state index in [-0.39, 0.29) is 6.42 Å². The van der Waals surface area contributed by atoms with Crippen molar-refractivity contribution in [1.29, 1.82) is 0 Å². The van der Waals surface area contributed by atoms with Gasteiger partial charge in [-0.15, -0.1) is 0 Å². The first-order valence-electron chi connectivity index (χ1n) is 7.59. The van der Waals surface area contributed by atoms with Gasteiger partial charge in [0.05, 0.1) is 18.1 Å². The second-order valence-electron chi connectivity index (χ2n) is 5.59. The van der Waals surface area contributed by atoms with Crippen molar-refractivity contribution in [2.75, 3.05) is 5.32 Å². The standard InChI is InChI=1S/C17H16ClN5O2/c1-10-8-19-20-9-13(10)14-7-16(23-22-14)21-17(25)15(24)6-11-2-4-12(18)5-3-11/h2-5,7-9,15,24H,6H2,1H3,(H2,21,22,23,25). The van der Waals surface area contributed by atoms with Crippen LogP contribution in [0.2, 0.25) is 5.02 Å². The lowest BCUT2D eigenvalue weighted by molar-refractivity contribution is -0.123. The number of aromatic nitrogens is 4. The van der Waals surface area contributed by atoms with Gasteiger partial charge in [-0.3, -0.25) is 9.89 Å². The molecule has 0 fully saturated rings. The summed E-state index contributed by atoms with van der Waals surface area (Å²) in [6, 6.07) is 8.64. The lowest BCUT2D eigenvalue weighted by atomic mass is 10.1. The van der Waals surface area contributed by atoms with Crippen LogP contribution in [0.1, 0.15) is 11.1 Å². The Kier molecular flexibility index (Phi) is 5.06. The molecular weight excluding hydrogens is 342 g/mol. The molecule has 0 aliphatic carbocycles. The number of nitrogens with one attached hydrogen (secondary N) is 2. The van der Waals surface area contributed by atoms with Gasteiger partial charge in [-0.25, -0.2) is 0 Å². The van der Waals surface area contributed by atoms with Crippen molar-refractivity contribution in [3.8, 4) is 11.3 Å². The third kappa shape index (κ3) is 4.20. The Labute approximate surface area is 149 Å². The number of rotatable bonds is 5. The SMILES string of the molecule is Cc1cnncc1-c1cc(NC(=O)C(O)Cc2ccc(Cl)cc2)n[nH]1. The summed E-state index contributed by atoms with van der Waals surface area (Å²) in [5.41, 5.74) is 3.28. The van der Waals surface area contributed by atoms with Gasteiger partial charge in [0.25, 0.3) is 5.91 Å². The highest BCUT2D eigenvalue weighted by molar-refractivity contribution is 6.30. The van der Waals surface area contributed by atoms with Crippen LogP contribution in [0.4, 0.5) is 5.82 Å². The number of benzene rings is 1. The second-order valence-corrected chi connectivity index (χ2v) is 6.02. The number of nitrogens with zero attached hydrogens (tertiary/aromatic N) is 3. The lowest BCUT2D eigenvalue weighted by Gasteiger charge is -2.10. The van der Waals surface area contributed by atoms with Crippen LogP contribution < -0.4 is 5.32 Å². The van der Waals surface area contributed by atoms with Crippen molar-refractivity contribution in [3.63, 3.8) is 0 Å². The number of aryl methyl sites for hydroxylation is 1. The van der Waals surface area contributed by atoms with Gasteiger partial charge < -0.3 is 10.4 Å². The number of halogens is 1. The zero-order valence-electron chi connectivity index (χ0n) is 13.4. The summed E-state index contributed by atoms with van der Waals surface area (Å²) in [7, 11) is 0. The number of hydrogen-bond acceptors (Lipinski definition) is 5. The maximum atomic E-state index is 12.1. The topological polar surface area (TPSA) is 104 Å². The molecule has 1 unspecified atom stereocenters. The minimum atomic E-state index is -1.19. The van der Waals surface area contributed by atoms with E-state index in [0.29, 0.717) is 16.5 Å². The molecule has 0 saturated carbocycles. The molecule has 3 N–H and O–H groups in total. The number of aliphatic hydroxyl groups is 1. The molecule has 1 aromatic carbocycles. The fourth-order valence-electron chi connectivity index (χ4n) is 2.33. The van der Waals surface area contributed by atoms with E-state index in [9.17, 15) is 9.90 Å². The summed E-state index contributed by atoms with van der Waals surface area (Å²) >= 11 is 5.82. The van der Waals surface area contributed by atoms with Gasteiger partial charge >= 0.3 is 0 Å². The van der Waals surface area contributed by atoms with Gasteiger partial charge in [0.2, 0.25) is 0 Å². The molecule has 2 heterocycles. The summed E-state index contributed by atoms with van der Waals surface area (Å²) in [5.74, 6) is -0.205. The van der Waals surface area contributed by atoms with E-state index in [2.05, 4.69) is 25.7 Å². The molecule has 0 bridgehead atoms. The van der Waals surface area contributed by atoms with E-state index in [1.165, 1.54) is 0 Å². The number of H-pyrrole nitrogens is 1. The Morgan fingerprint density at radius 2 is 2.00 bits per heavy atom. The van der Waals surface area contributed by atoms with E-state index in [4.69, 9.17) is 11.6 Å². The molecule has 3 rings (SSSR count). The molecule has 25 heavy (non-hydrogen) atoms. The summed E-state index contributed by atoms with van der Waals surface area (Å²) in [5, 5.41) is 27.8. The Hall–Kier alpha value is -2.77. The third-order valence-electron chi connectivity index (χ3n) is 3.69. The van der Waals surface area contributed by atoms with Gasteiger partial charge in [-0.1, -0.05) is 23.7 Å². The molecular formula is C17H16ClN5O2. The van der Waals surface area contributed by atoms with Gasteiger partial charge in [-0.2, -0.15) is 15.3 Å². The van der Waals surface area contributed by atoms with Crippen LogP contribution in [-0.2, 0) is 11.2 Å². The first kappa shape index (κ1) is 17.1. The highest BCUT2D eigenvalue weighted by Gasteiger charge is 2.17. The molecule has 128 valence electrons. The van der Waals surface area contributed by atoms with Crippen molar-refractivity contribution < 1.29 is 9.90 Å². The number of carbonyl (C=O) groups is 1. The van der Waals surface area contributed by atoms with Crippen molar-refractivity contribution >= 4 is 23.3 Å². The molecule has 8 heteroatoms. The zero-order valence-corrected chi connectivity index (χ0v) is 14.2. The molecule has 0 saturated heterocycles. The second kappa shape index (κ2) is 7.42. The van der Waals surface area contributed by atoms with Gasteiger partial charge in [-0.05, 0) is 30.2 Å². The summed E-state index contributed by atoms with van der Waals surface area (Å²) in [4.78, 5) is 12.1. The van der Waals surface area contributed by atoms with Crippen LogP contribution in [0.15, 0.2) is 42.7 Å². The molecule has 0 aliphatic rings. The summed E-state index contributed by atoms with van der Waals surface area (Å²) in [6.07, 6.45) is 2.26. The van der Waals surface area contributed by atoms with Crippen LogP contribution >= 0.6 is 11.6 Å². The normalized spacial score (nSPS) is 12.0. The Bertz CT molecular complexity index is 879. The molecule has 0 radical (unpaired) electrons. The van der Waals surface area contributed by atoms with E-state index in [0.717, 1.165) is 16.7 Å². The number of carbonyl (C=O) groups excluding carboxylic acids is 1. The van der Waals surface area contributed by atoms with Crippen LogP contribution in [-0.4, -0.2) is 37.5 Å². The fourth-order valence-corrected chi connectivity index (χ4v) is 2.46. The highest BCUT2D eigenvalue weighted by atomic mass is 35.5. The predicted molar refractivity (Wildman–Crippen MR) is 94.1 cm³/mol. The van der Waals surface area contributed by atoms with E-state index in [1.807, 2.05) is 6.92 Å². The number of amides is 1. The molecule has 3 aromatic rings. The molecule has 7 nitrogen and oxygen atoms in total. The minimum absolute atomic E-state index is 0.188. The number of hydrogen-bond donors (Lipinski definition) is 3. The molecule has 0 aliphatic heterocycles. The van der Waals surface area contributed by atoms with Gasteiger partial charge in [0.1, 0.15) is 6.10 Å². The van der Waals surface area contributed by atoms with E-state index >= 15 is 0 Å². The maximum Gasteiger partial charge on any atom is 0.254 e. The smallest absolute Gasteiger partial charge is 0.254 e. The van der Waals surface area contributed by atoms with E-state index in [1.54, 1.807) is 42.7 Å². The highest BCUT2D eigenvalue weighted by Crippen LogP contribution is 2.21. The first-order valence-corrected chi connectivity index (χ1v) is 7.97. The zero-order chi connectivity index (χ0) is 17.8. The Balaban J connectivity index is 1.65. The fraction of sp³-hybridized carbons (Fsp3) is 0.176. The molecule has 2 aromatic heterocycles. The average molecular weight is 358 g/mol. The molecule has 0 spiro atoms. The largest absolute Gasteiger partial charge is 0.383 e. The average Bonchev–Trinajstić information content (AvgIpc) is 3.05. The third-order valence-corrected chi connectivity index (χ3v) is 3.95. The monoisotopic (exact) mass is 357 g/mol. The van der Waals surface area contributed by atoms with Gasteiger partial charge in [0.15, 0.2) is 5.82 Å². The number of anilines is 1. The van der Waals surface area contributed by atoms with Crippen LogP contribution in [0, 0.1) is 6.92 Å². The lowest BCUT2D eigenvalue weighted by Crippen LogP contribution is -2.29. The van der Waals surface area contributed by atoms with Crippen molar-refractivity contribution in [2.45, 2.75) is 19.4 Å². The summed E-state index contributed by atoms with van der Waals surface area (Å²) in [6.45, 7) is 1.90. The number of aliphatic hydroxyl groups excluding tert-OH is 1.